The summed E-state index contributed by atoms with van der Waals surface area (Å²) in [5.74, 6) is 0.310. The molecule has 66 valence electrons. The van der Waals surface area contributed by atoms with Gasteiger partial charge in [-0.2, -0.15) is 0 Å². The number of rotatable bonds is 2. The van der Waals surface area contributed by atoms with Gasteiger partial charge in [-0.1, -0.05) is 19.1 Å². The van der Waals surface area contributed by atoms with E-state index in [2.05, 4.69) is 0 Å². The molecule has 0 aliphatic rings. The van der Waals surface area contributed by atoms with Gasteiger partial charge in [-0.25, -0.2) is 0 Å². The Morgan fingerprint density at radius 2 is 2.17 bits per heavy atom. The summed E-state index contributed by atoms with van der Waals surface area (Å²) in [6.07, 6.45) is 0.844. The van der Waals surface area contributed by atoms with Gasteiger partial charge in [-0.05, 0) is 25.0 Å². The normalized spacial score (nSPS) is 12.9. The zero-order valence-electron chi connectivity index (χ0n) is 7.54. The van der Waals surface area contributed by atoms with Gasteiger partial charge in [-0.3, -0.25) is 0 Å². The van der Waals surface area contributed by atoms with E-state index in [1.54, 1.807) is 6.07 Å². The minimum absolute atomic E-state index is 0.0504. The van der Waals surface area contributed by atoms with E-state index in [1.807, 2.05) is 26.0 Å². The Bertz CT molecular complexity index is 271. The molecule has 1 rings (SSSR count). The van der Waals surface area contributed by atoms with E-state index < -0.39 is 0 Å². The lowest BCUT2D eigenvalue weighted by Gasteiger charge is -2.11. The molecule has 0 fully saturated rings. The zero-order chi connectivity index (χ0) is 9.14. The second-order valence-corrected chi connectivity index (χ2v) is 3.08. The lowest BCUT2D eigenvalue weighted by atomic mass is 10.0. The first-order valence-corrected chi connectivity index (χ1v) is 4.20. The Kier molecular flexibility index (Phi) is 2.71. The minimum Gasteiger partial charge on any atom is -0.508 e. The van der Waals surface area contributed by atoms with Crippen molar-refractivity contribution in [3.8, 4) is 5.75 Å². The summed E-state index contributed by atoms with van der Waals surface area (Å²) in [5, 5.41) is 9.51. The summed E-state index contributed by atoms with van der Waals surface area (Å²) in [6.45, 7) is 3.95. The fourth-order valence-corrected chi connectivity index (χ4v) is 1.19. The Balaban J connectivity index is 3.01. The van der Waals surface area contributed by atoms with Gasteiger partial charge >= 0.3 is 0 Å². The molecule has 1 atom stereocenters. The quantitative estimate of drug-likeness (QED) is 0.705. The molecule has 0 radical (unpaired) electrons. The first-order chi connectivity index (χ1) is 5.65. The molecular weight excluding hydrogens is 150 g/mol. The first-order valence-electron chi connectivity index (χ1n) is 4.20. The van der Waals surface area contributed by atoms with E-state index in [0.29, 0.717) is 5.75 Å². The van der Waals surface area contributed by atoms with Crippen molar-refractivity contribution in [3.63, 3.8) is 0 Å². The van der Waals surface area contributed by atoms with Crippen molar-refractivity contribution in [2.24, 2.45) is 5.73 Å². The van der Waals surface area contributed by atoms with Crippen molar-refractivity contribution in [1.29, 1.82) is 0 Å². The molecule has 0 aromatic heterocycles. The maximum Gasteiger partial charge on any atom is 0.120 e. The standard InChI is InChI=1S/C10H15NO/c1-3-9(11)8-5-4-7(2)6-10(8)12/h4-6,9,12H,3,11H2,1-2H3/t9-/m1/s1. The maximum absolute atomic E-state index is 9.51. The van der Waals surface area contributed by atoms with Crippen molar-refractivity contribution >= 4 is 0 Å². The van der Waals surface area contributed by atoms with Gasteiger partial charge in [0.15, 0.2) is 0 Å². The van der Waals surface area contributed by atoms with E-state index in [0.717, 1.165) is 17.5 Å². The van der Waals surface area contributed by atoms with Gasteiger partial charge in [0, 0.05) is 11.6 Å². The Morgan fingerprint density at radius 1 is 1.50 bits per heavy atom. The molecule has 2 heteroatoms. The number of aromatic hydroxyl groups is 1. The average molecular weight is 165 g/mol. The minimum atomic E-state index is -0.0504. The first kappa shape index (κ1) is 9.07. The third-order valence-corrected chi connectivity index (χ3v) is 2.03. The Hall–Kier alpha value is -1.02. The number of phenols is 1. The average Bonchev–Trinajstić information content (AvgIpc) is 2.03. The topological polar surface area (TPSA) is 46.2 Å². The van der Waals surface area contributed by atoms with Crippen LogP contribution in [-0.2, 0) is 0 Å². The van der Waals surface area contributed by atoms with Crippen molar-refractivity contribution in [2.75, 3.05) is 0 Å². The van der Waals surface area contributed by atoms with E-state index in [1.165, 1.54) is 0 Å². The number of benzene rings is 1. The summed E-state index contributed by atoms with van der Waals surface area (Å²) >= 11 is 0. The smallest absolute Gasteiger partial charge is 0.120 e. The molecule has 0 aliphatic heterocycles. The van der Waals surface area contributed by atoms with Gasteiger partial charge in [0.05, 0.1) is 0 Å². The highest BCUT2D eigenvalue weighted by atomic mass is 16.3. The molecule has 1 aromatic carbocycles. The van der Waals surface area contributed by atoms with Crippen LogP contribution in [0.1, 0.15) is 30.5 Å². The van der Waals surface area contributed by atoms with Crippen molar-refractivity contribution in [1.82, 2.24) is 0 Å². The third-order valence-electron chi connectivity index (χ3n) is 2.03. The van der Waals surface area contributed by atoms with Crippen LogP contribution in [0, 0.1) is 6.92 Å². The van der Waals surface area contributed by atoms with Crippen LogP contribution in [0.4, 0.5) is 0 Å². The van der Waals surface area contributed by atoms with Crippen LogP contribution >= 0.6 is 0 Å². The van der Waals surface area contributed by atoms with Crippen molar-refractivity contribution in [3.05, 3.63) is 29.3 Å². The third kappa shape index (κ3) is 1.77. The van der Waals surface area contributed by atoms with Crippen LogP contribution < -0.4 is 5.73 Å². The molecule has 3 N–H and O–H groups in total. The summed E-state index contributed by atoms with van der Waals surface area (Å²) in [4.78, 5) is 0. The summed E-state index contributed by atoms with van der Waals surface area (Å²) in [7, 11) is 0. The Labute approximate surface area is 73.0 Å². The highest BCUT2D eigenvalue weighted by Gasteiger charge is 2.07. The SMILES string of the molecule is CC[C@@H](N)c1ccc(C)cc1O. The molecule has 0 heterocycles. The van der Waals surface area contributed by atoms with Gasteiger partial charge in [0.1, 0.15) is 5.75 Å². The monoisotopic (exact) mass is 165 g/mol. The molecule has 0 unspecified atom stereocenters. The van der Waals surface area contributed by atoms with Crippen LogP contribution in [0.15, 0.2) is 18.2 Å². The van der Waals surface area contributed by atoms with Crippen LogP contribution in [0.2, 0.25) is 0 Å². The number of hydrogen-bond donors (Lipinski definition) is 2. The van der Waals surface area contributed by atoms with E-state index in [4.69, 9.17) is 5.73 Å². The molecule has 0 amide bonds. The van der Waals surface area contributed by atoms with E-state index in [-0.39, 0.29) is 6.04 Å². The molecule has 1 aromatic rings. The van der Waals surface area contributed by atoms with Crippen molar-refractivity contribution < 1.29 is 5.11 Å². The van der Waals surface area contributed by atoms with E-state index in [9.17, 15) is 5.11 Å². The zero-order valence-corrected chi connectivity index (χ0v) is 7.54. The molecule has 0 bridgehead atoms. The lowest BCUT2D eigenvalue weighted by Crippen LogP contribution is -2.08. The van der Waals surface area contributed by atoms with Crippen LogP contribution in [0.3, 0.4) is 0 Å². The molecule has 0 spiro atoms. The number of aryl methyl sites for hydroxylation is 1. The van der Waals surface area contributed by atoms with Gasteiger partial charge in [-0.15, -0.1) is 0 Å². The fourth-order valence-electron chi connectivity index (χ4n) is 1.19. The molecule has 0 aliphatic carbocycles. The summed E-state index contributed by atoms with van der Waals surface area (Å²) in [6, 6.07) is 5.54. The van der Waals surface area contributed by atoms with Gasteiger partial charge in [0.2, 0.25) is 0 Å². The molecule has 12 heavy (non-hydrogen) atoms. The largest absolute Gasteiger partial charge is 0.508 e. The van der Waals surface area contributed by atoms with Gasteiger partial charge in [0.25, 0.3) is 0 Å². The summed E-state index contributed by atoms with van der Waals surface area (Å²) in [5.41, 5.74) is 7.68. The number of phenolic OH excluding ortho intramolecular Hbond substituents is 1. The summed E-state index contributed by atoms with van der Waals surface area (Å²) < 4.78 is 0. The van der Waals surface area contributed by atoms with E-state index >= 15 is 0 Å². The van der Waals surface area contributed by atoms with Crippen LogP contribution in [0.5, 0.6) is 5.75 Å². The maximum atomic E-state index is 9.51. The second kappa shape index (κ2) is 3.59. The second-order valence-electron chi connectivity index (χ2n) is 3.08. The fraction of sp³-hybridized carbons (Fsp3) is 0.400. The molecular formula is C10H15NO. The number of hydrogen-bond acceptors (Lipinski definition) is 2. The molecule has 0 saturated heterocycles. The molecule has 0 saturated carbocycles. The Morgan fingerprint density at radius 3 is 2.67 bits per heavy atom. The highest BCUT2D eigenvalue weighted by Crippen LogP contribution is 2.25. The van der Waals surface area contributed by atoms with Crippen molar-refractivity contribution in [2.45, 2.75) is 26.3 Å². The molecule has 2 nitrogen and oxygen atoms in total. The lowest BCUT2D eigenvalue weighted by molar-refractivity contribution is 0.460. The van der Waals surface area contributed by atoms with Crippen LogP contribution in [-0.4, -0.2) is 5.11 Å². The predicted molar refractivity (Wildman–Crippen MR) is 50.1 cm³/mol. The highest BCUT2D eigenvalue weighted by molar-refractivity contribution is 5.37. The van der Waals surface area contributed by atoms with Crippen LogP contribution in [0.25, 0.3) is 0 Å². The predicted octanol–water partition coefficient (Wildman–Crippen LogP) is 2.11. The van der Waals surface area contributed by atoms with Gasteiger partial charge < -0.3 is 10.8 Å². The number of nitrogens with two attached hydrogens (primary N) is 1.